The molecule has 2 fully saturated rings. The number of pyridine rings is 1. The summed E-state index contributed by atoms with van der Waals surface area (Å²) in [5.74, 6) is 0.347. The quantitative estimate of drug-likeness (QED) is 0.898. The first kappa shape index (κ1) is 17.7. The van der Waals surface area contributed by atoms with Crippen LogP contribution in [-0.2, 0) is 11.3 Å². The lowest BCUT2D eigenvalue weighted by atomic mass is 9.85. The Labute approximate surface area is 158 Å². The van der Waals surface area contributed by atoms with E-state index < -0.39 is 5.41 Å². The average Bonchev–Trinajstić information content (AvgIpc) is 3.39. The van der Waals surface area contributed by atoms with Crippen molar-refractivity contribution in [3.63, 3.8) is 0 Å². The number of aromatic amines is 1. The molecule has 142 valence electrons. The molecule has 1 N–H and O–H groups in total. The number of likely N-dealkylation sites (tertiary alicyclic amines) is 2. The highest BCUT2D eigenvalue weighted by Crippen LogP contribution is 2.41. The molecule has 0 aliphatic carbocycles. The van der Waals surface area contributed by atoms with Crippen molar-refractivity contribution in [2.75, 3.05) is 19.6 Å². The van der Waals surface area contributed by atoms with E-state index in [-0.39, 0.29) is 11.8 Å². The second-order valence-electron chi connectivity index (χ2n) is 7.92. The Hall–Kier alpha value is -2.70. The van der Waals surface area contributed by atoms with Gasteiger partial charge in [-0.2, -0.15) is 5.10 Å². The standard InChI is InChI=1S/C20H25N5O2/c1-14(2)16-11-17(23-22-16)18(26)25-10-7-20(13-25)6-9-24(19(20)27)12-15-5-3-4-8-21-15/h3-5,8,11,14H,6-7,9-10,12-13H2,1-2H3,(H,22,23). The molecule has 0 aromatic carbocycles. The molecule has 4 rings (SSSR count). The van der Waals surface area contributed by atoms with Crippen molar-refractivity contribution in [2.24, 2.45) is 5.41 Å². The van der Waals surface area contributed by atoms with Crippen molar-refractivity contribution in [3.8, 4) is 0 Å². The normalized spacial score (nSPS) is 22.4. The predicted molar refractivity (Wildman–Crippen MR) is 99.9 cm³/mol. The number of hydrogen-bond donors (Lipinski definition) is 1. The third-order valence-corrected chi connectivity index (χ3v) is 5.76. The second-order valence-corrected chi connectivity index (χ2v) is 7.92. The van der Waals surface area contributed by atoms with Crippen LogP contribution in [0.2, 0.25) is 0 Å². The minimum Gasteiger partial charge on any atom is -0.336 e. The fourth-order valence-electron chi connectivity index (χ4n) is 4.06. The maximum Gasteiger partial charge on any atom is 0.274 e. The highest BCUT2D eigenvalue weighted by Gasteiger charge is 2.51. The summed E-state index contributed by atoms with van der Waals surface area (Å²) in [5.41, 5.74) is 1.84. The van der Waals surface area contributed by atoms with Crippen molar-refractivity contribution in [1.82, 2.24) is 25.0 Å². The molecule has 2 saturated heterocycles. The van der Waals surface area contributed by atoms with Crippen LogP contribution in [0, 0.1) is 5.41 Å². The molecular formula is C20H25N5O2. The van der Waals surface area contributed by atoms with Crippen LogP contribution in [0.15, 0.2) is 30.5 Å². The van der Waals surface area contributed by atoms with Crippen molar-refractivity contribution in [1.29, 1.82) is 0 Å². The fraction of sp³-hybridized carbons (Fsp3) is 0.500. The Balaban J connectivity index is 1.43. The highest BCUT2D eigenvalue weighted by atomic mass is 16.2. The third kappa shape index (κ3) is 3.22. The molecular weight excluding hydrogens is 342 g/mol. The molecule has 7 nitrogen and oxygen atoms in total. The molecule has 2 aliphatic rings. The first-order valence-corrected chi connectivity index (χ1v) is 9.52. The Morgan fingerprint density at radius 2 is 2.11 bits per heavy atom. The Kier molecular flexibility index (Phi) is 4.45. The van der Waals surface area contributed by atoms with Crippen LogP contribution >= 0.6 is 0 Å². The molecule has 2 aliphatic heterocycles. The molecule has 1 spiro atoms. The molecule has 1 unspecified atom stereocenters. The van der Waals surface area contributed by atoms with E-state index in [1.807, 2.05) is 29.2 Å². The van der Waals surface area contributed by atoms with Gasteiger partial charge in [-0.1, -0.05) is 19.9 Å². The number of rotatable bonds is 4. The van der Waals surface area contributed by atoms with Crippen LogP contribution in [0.25, 0.3) is 0 Å². The third-order valence-electron chi connectivity index (χ3n) is 5.76. The maximum atomic E-state index is 13.1. The molecule has 2 aromatic heterocycles. The first-order chi connectivity index (χ1) is 13.0. The van der Waals surface area contributed by atoms with Crippen molar-refractivity contribution in [3.05, 3.63) is 47.5 Å². The van der Waals surface area contributed by atoms with Crippen LogP contribution in [0.1, 0.15) is 54.5 Å². The number of amides is 2. The van der Waals surface area contributed by atoms with E-state index >= 15 is 0 Å². The van der Waals surface area contributed by atoms with Crippen LogP contribution in [0.5, 0.6) is 0 Å². The zero-order chi connectivity index (χ0) is 19.0. The summed E-state index contributed by atoms with van der Waals surface area (Å²) in [6, 6.07) is 7.56. The summed E-state index contributed by atoms with van der Waals surface area (Å²) in [6.45, 7) is 6.45. The topological polar surface area (TPSA) is 82.2 Å². The lowest BCUT2D eigenvalue weighted by Crippen LogP contribution is -2.38. The molecule has 7 heteroatoms. The Bertz CT molecular complexity index is 847. The van der Waals surface area contributed by atoms with Gasteiger partial charge >= 0.3 is 0 Å². The van der Waals surface area contributed by atoms with Crippen LogP contribution < -0.4 is 0 Å². The van der Waals surface area contributed by atoms with Crippen molar-refractivity contribution >= 4 is 11.8 Å². The maximum absolute atomic E-state index is 13.1. The van der Waals surface area contributed by atoms with E-state index in [4.69, 9.17) is 0 Å². The summed E-state index contributed by atoms with van der Waals surface area (Å²) in [7, 11) is 0. The van der Waals surface area contributed by atoms with Gasteiger partial charge in [-0.3, -0.25) is 19.7 Å². The van der Waals surface area contributed by atoms with E-state index in [2.05, 4.69) is 29.0 Å². The molecule has 0 bridgehead atoms. The summed E-state index contributed by atoms with van der Waals surface area (Å²) in [6.07, 6.45) is 3.26. The number of carbonyl (C=O) groups is 2. The number of nitrogens with one attached hydrogen (secondary N) is 1. The van der Waals surface area contributed by atoms with Crippen LogP contribution in [0.4, 0.5) is 0 Å². The number of H-pyrrole nitrogens is 1. The Morgan fingerprint density at radius 3 is 2.81 bits per heavy atom. The average molecular weight is 367 g/mol. The number of carbonyl (C=O) groups excluding carboxylic acids is 2. The zero-order valence-corrected chi connectivity index (χ0v) is 15.8. The SMILES string of the molecule is CC(C)c1cc(C(=O)N2CCC3(CCN(Cc4ccccn4)C3=O)C2)n[nH]1. The van der Waals surface area contributed by atoms with Gasteiger partial charge in [0.25, 0.3) is 5.91 Å². The Morgan fingerprint density at radius 1 is 1.30 bits per heavy atom. The lowest BCUT2D eigenvalue weighted by molar-refractivity contribution is -0.135. The number of aromatic nitrogens is 3. The van der Waals surface area contributed by atoms with Crippen molar-refractivity contribution < 1.29 is 9.59 Å². The highest BCUT2D eigenvalue weighted by molar-refractivity contribution is 5.94. The van der Waals surface area contributed by atoms with Crippen LogP contribution in [0.3, 0.4) is 0 Å². The molecule has 1 atom stereocenters. The van der Waals surface area contributed by atoms with Gasteiger partial charge in [-0.25, -0.2) is 0 Å². The van der Waals surface area contributed by atoms with E-state index in [9.17, 15) is 9.59 Å². The minimum atomic E-state index is -0.443. The lowest BCUT2D eigenvalue weighted by Gasteiger charge is -2.23. The monoisotopic (exact) mass is 367 g/mol. The van der Waals surface area contributed by atoms with E-state index in [0.717, 1.165) is 30.8 Å². The minimum absolute atomic E-state index is 0.0917. The zero-order valence-electron chi connectivity index (χ0n) is 15.8. The van der Waals surface area contributed by atoms with E-state index in [0.29, 0.717) is 31.2 Å². The summed E-state index contributed by atoms with van der Waals surface area (Å²) >= 11 is 0. The van der Waals surface area contributed by atoms with E-state index in [1.54, 1.807) is 11.1 Å². The van der Waals surface area contributed by atoms with Gasteiger partial charge in [0.2, 0.25) is 5.91 Å². The predicted octanol–water partition coefficient (Wildman–Crippen LogP) is 2.19. The summed E-state index contributed by atoms with van der Waals surface area (Å²) in [5, 5.41) is 7.10. The largest absolute Gasteiger partial charge is 0.336 e. The number of hydrogen-bond acceptors (Lipinski definition) is 4. The molecule has 27 heavy (non-hydrogen) atoms. The second kappa shape index (κ2) is 6.79. The molecule has 2 amide bonds. The van der Waals surface area contributed by atoms with Gasteiger partial charge in [0.1, 0.15) is 5.69 Å². The fourth-order valence-corrected chi connectivity index (χ4v) is 4.06. The van der Waals surface area contributed by atoms with E-state index in [1.165, 1.54) is 0 Å². The van der Waals surface area contributed by atoms with Crippen LogP contribution in [-0.4, -0.2) is 56.4 Å². The molecule has 0 radical (unpaired) electrons. The smallest absolute Gasteiger partial charge is 0.274 e. The van der Waals surface area contributed by atoms with Gasteiger partial charge in [0.15, 0.2) is 0 Å². The van der Waals surface area contributed by atoms with Crippen molar-refractivity contribution in [2.45, 2.75) is 39.2 Å². The summed E-state index contributed by atoms with van der Waals surface area (Å²) in [4.78, 5) is 33.9. The van der Waals surface area contributed by atoms with Gasteiger partial charge in [-0.05, 0) is 37.0 Å². The number of nitrogens with zero attached hydrogens (tertiary/aromatic N) is 4. The van der Waals surface area contributed by atoms with Gasteiger partial charge in [-0.15, -0.1) is 0 Å². The first-order valence-electron chi connectivity index (χ1n) is 9.52. The summed E-state index contributed by atoms with van der Waals surface area (Å²) < 4.78 is 0. The molecule has 2 aromatic rings. The molecule has 4 heterocycles. The van der Waals surface area contributed by atoms with Gasteiger partial charge in [0, 0.05) is 31.5 Å². The molecule has 0 saturated carbocycles. The van der Waals surface area contributed by atoms with Gasteiger partial charge < -0.3 is 9.80 Å². The van der Waals surface area contributed by atoms with Gasteiger partial charge in [0.05, 0.1) is 17.7 Å².